The molecule has 9 heteroatoms. The standard InChI is InChI=1S/C16H12ClF3N2O2S/c17-8-4-6-9(7-5-8)21-13(23)12-10-2-1-3-11(10)25-14(12)22-15(24)16(18,19)20/h4-7H,1-3H2,(H,21,23)(H,22,24). The van der Waals surface area contributed by atoms with Crippen molar-refractivity contribution in [3.8, 4) is 0 Å². The summed E-state index contributed by atoms with van der Waals surface area (Å²) in [6.07, 6.45) is -2.91. The van der Waals surface area contributed by atoms with E-state index in [4.69, 9.17) is 11.6 Å². The second-order valence-corrected chi connectivity index (χ2v) is 7.02. The van der Waals surface area contributed by atoms with Gasteiger partial charge in [0.15, 0.2) is 0 Å². The number of hydrogen-bond acceptors (Lipinski definition) is 3. The minimum absolute atomic E-state index is 0.0708. The Balaban J connectivity index is 1.90. The van der Waals surface area contributed by atoms with Gasteiger partial charge in [0.2, 0.25) is 0 Å². The summed E-state index contributed by atoms with van der Waals surface area (Å²) in [6.45, 7) is 0. The van der Waals surface area contributed by atoms with Gasteiger partial charge in [-0.3, -0.25) is 9.59 Å². The Morgan fingerprint density at radius 3 is 2.40 bits per heavy atom. The van der Waals surface area contributed by atoms with Gasteiger partial charge < -0.3 is 10.6 Å². The van der Waals surface area contributed by atoms with Crippen LogP contribution in [0.15, 0.2) is 24.3 Å². The molecule has 0 unspecified atom stereocenters. The molecule has 0 aliphatic heterocycles. The molecule has 0 saturated carbocycles. The molecular formula is C16H12ClF3N2O2S. The highest BCUT2D eigenvalue weighted by Gasteiger charge is 2.40. The number of nitrogens with one attached hydrogen (secondary N) is 2. The molecule has 132 valence electrons. The third-order valence-corrected chi connectivity index (χ3v) is 5.19. The van der Waals surface area contributed by atoms with Gasteiger partial charge in [0, 0.05) is 15.6 Å². The maximum absolute atomic E-state index is 12.6. The monoisotopic (exact) mass is 388 g/mol. The van der Waals surface area contributed by atoms with Crippen LogP contribution in [0.25, 0.3) is 0 Å². The van der Waals surface area contributed by atoms with E-state index in [1.165, 1.54) is 0 Å². The van der Waals surface area contributed by atoms with Crippen LogP contribution in [0.2, 0.25) is 5.02 Å². The lowest BCUT2D eigenvalue weighted by Crippen LogP contribution is -2.30. The average molecular weight is 389 g/mol. The molecule has 3 rings (SSSR count). The number of anilines is 2. The summed E-state index contributed by atoms with van der Waals surface area (Å²) in [5.74, 6) is -2.65. The molecule has 1 aromatic carbocycles. The van der Waals surface area contributed by atoms with Crippen LogP contribution in [-0.4, -0.2) is 18.0 Å². The Labute approximate surface area is 150 Å². The lowest BCUT2D eigenvalue weighted by molar-refractivity contribution is -0.167. The lowest BCUT2D eigenvalue weighted by atomic mass is 10.1. The van der Waals surface area contributed by atoms with Crippen molar-refractivity contribution in [3.63, 3.8) is 0 Å². The Morgan fingerprint density at radius 2 is 1.76 bits per heavy atom. The Hall–Kier alpha value is -2.06. The van der Waals surface area contributed by atoms with E-state index >= 15 is 0 Å². The molecule has 0 fully saturated rings. The number of rotatable bonds is 3. The summed E-state index contributed by atoms with van der Waals surface area (Å²) in [7, 11) is 0. The maximum atomic E-state index is 12.6. The molecule has 25 heavy (non-hydrogen) atoms. The number of aryl methyl sites for hydroxylation is 1. The highest BCUT2D eigenvalue weighted by molar-refractivity contribution is 7.17. The molecule has 0 saturated heterocycles. The molecule has 2 amide bonds. The fourth-order valence-electron chi connectivity index (χ4n) is 2.63. The van der Waals surface area contributed by atoms with Crippen LogP contribution in [0, 0.1) is 0 Å². The van der Waals surface area contributed by atoms with Crippen LogP contribution in [0.1, 0.15) is 27.2 Å². The highest BCUT2D eigenvalue weighted by atomic mass is 35.5. The number of carbonyl (C=O) groups excluding carboxylic acids is 2. The number of carbonyl (C=O) groups is 2. The van der Waals surface area contributed by atoms with Gasteiger partial charge in [0.1, 0.15) is 5.00 Å². The van der Waals surface area contributed by atoms with Crippen molar-refractivity contribution in [1.82, 2.24) is 0 Å². The maximum Gasteiger partial charge on any atom is 0.471 e. The summed E-state index contributed by atoms with van der Waals surface area (Å²) in [6, 6.07) is 6.34. The number of amides is 2. The number of hydrogen-bond donors (Lipinski definition) is 2. The Kier molecular flexibility index (Phi) is 4.75. The first-order valence-corrected chi connectivity index (χ1v) is 8.55. The molecule has 0 atom stereocenters. The molecule has 1 aliphatic carbocycles. The van der Waals surface area contributed by atoms with Gasteiger partial charge in [-0.1, -0.05) is 11.6 Å². The van der Waals surface area contributed by atoms with Crippen LogP contribution in [0.5, 0.6) is 0 Å². The van der Waals surface area contributed by atoms with Crippen molar-refractivity contribution in [2.45, 2.75) is 25.4 Å². The van der Waals surface area contributed by atoms with E-state index in [2.05, 4.69) is 5.32 Å². The summed E-state index contributed by atoms with van der Waals surface area (Å²) in [5, 5.41) is 4.88. The van der Waals surface area contributed by atoms with Crippen molar-refractivity contribution in [3.05, 3.63) is 45.3 Å². The van der Waals surface area contributed by atoms with E-state index in [1.54, 1.807) is 24.3 Å². The second-order valence-electron chi connectivity index (χ2n) is 5.47. The summed E-state index contributed by atoms with van der Waals surface area (Å²) in [5.41, 5.74) is 1.26. The SMILES string of the molecule is O=C(Nc1ccc(Cl)cc1)c1c(NC(=O)C(F)(F)F)sc2c1CCC2. The molecule has 0 spiro atoms. The summed E-state index contributed by atoms with van der Waals surface area (Å²) < 4.78 is 37.6. The number of thiophene rings is 1. The van der Waals surface area contributed by atoms with Gasteiger partial charge in [0.25, 0.3) is 5.91 Å². The smallest absolute Gasteiger partial charge is 0.322 e. The summed E-state index contributed by atoms with van der Waals surface area (Å²) >= 11 is 6.81. The zero-order chi connectivity index (χ0) is 18.2. The van der Waals surface area contributed by atoms with E-state index in [0.717, 1.165) is 22.6 Å². The number of fused-ring (bicyclic) bond motifs is 1. The Morgan fingerprint density at radius 1 is 1.08 bits per heavy atom. The molecular weight excluding hydrogens is 377 g/mol. The van der Waals surface area contributed by atoms with Crippen molar-refractivity contribution in [1.29, 1.82) is 0 Å². The lowest BCUT2D eigenvalue weighted by Gasteiger charge is -2.10. The molecule has 2 aromatic rings. The molecule has 2 N–H and O–H groups in total. The zero-order valence-corrected chi connectivity index (χ0v) is 14.2. The van der Waals surface area contributed by atoms with Crippen LogP contribution in [-0.2, 0) is 17.6 Å². The van der Waals surface area contributed by atoms with Crippen molar-refractivity contribution < 1.29 is 22.8 Å². The molecule has 4 nitrogen and oxygen atoms in total. The fraction of sp³-hybridized carbons (Fsp3) is 0.250. The number of benzene rings is 1. The zero-order valence-electron chi connectivity index (χ0n) is 12.7. The molecule has 1 aromatic heterocycles. The predicted molar refractivity (Wildman–Crippen MR) is 90.4 cm³/mol. The van der Waals surface area contributed by atoms with Gasteiger partial charge in [-0.2, -0.15) is 13.2 Å². The van der Waals surface area contributed by atoms with E-state index in [-0.39, 0.29) is 10.6 Å². The largest absolute Gasteiger partial charge is 0.471 e. The topological polar surface area (TPSA) is 58.2 Å². The van der Waals surface area contributed by atoms with E-state index in [9.17, 15) is 22.8 Å². The third-order valence-electron chi connectivity index (χ3n) is 3.73. The first-order chi connectivity index (χ1) is 11.8. The van der Waals surface area contributed by atoms with E-state index in [1.807, 2.05) is 5.32 Å². The quantitative estimate of drug-likeness (QED) is 0.804. The van der Waals surface area contributed by atoms with Crippen LogP contribution < -0.4 is 10.6 Å². The van der Waals surface area contributed by atoms with Crippen LogP contribution >= 0.6 is 22.9 Å². The molecule has 1 aliphatic rings. The average Bonchev–Trinajstić information content (AvgIpc) is 3.08. The third kappa shape index (κ3) is 3.80. The van der Waals surface area contributed by atoms with E-state index < -0.39 is 18.0 Å². The molecule has 1 heterocycles. The van der Waals surface area contributed by atoms with E-state index in [0.29, 0.717) is 29.1 Å². The highest BCUT2D eigenvalue weighted by Crippen LogP contribution is 2.40. The van der Waals surface area contributed by atoms with Crippen molar-refractivity contribution >= 4 is 45.4 Å². The van der Waals surface area contributed by atoms with Gasteiger partial charge >= 0.3 is 12.1 Å². The first kappa shape index (κ1) is 17.8. The van der Waals surface area contributed by atoms with Gasteiger partial charge in [0.05, 0.1) is 5.56 Å². The normalized spacial score (nSPS) is 13.4. The van der Waals surface area contributed by atoms with Gasteiger partial charge in [-0.05, 0) is 49.1 Å². The Bertz CT molecular complexity index is 831. The minimum atomic E-state index is -5.02. The van der Waals surface area contributed by atoms with Gasteiger partial charge in [-0.25, -0.2) is 0 Å². The number of halogens is 4. The van der Waals surface area contributed by atoms with Gasteiger partial charge in [-0.15, -0.1) is 11.3 Å². The minimum Gasteiger partial charge on any atom is -0.322 e. The van der Waals surface area contributed by atoms with Crippen LogP contribution in [0.3, 0.4) is 0 Å². The predicted octanol–water partition coefficient (Wildman–Crippen LogP) is 4.64. The molecule has 0 bridgehead atoms. The molecule has 0 radical (unpaired) electrons. The van der Waals surface area contributed by atoms with Crippen molar-refractivity contribution in [2.24, 2.45) is 0 Å². The van der Waals surface area contributed by atoms with Crippen molar-refractivity contribution in [2.75, 3.05) is 10.6 Å². The number of alkyl halides is 3. The fourth-order valence-corrected chi connectivity index (χ4v) is 4.04. The second kappa shape index (κ2) is 6.68. The first-order valence-electron chi connectivity index (χ1n) is 7.35. The van der Waals surface area contributed by atoms with Crippen LogP contribution in [0.4, 0.5) is 23.9 Å². The summed E-state index contributed by atoms with van der Waals surface area (Å²) in [4.78, 5) is 24.7.